The van der Waals surface area contributed by atoms with Gasteiger partial charge in [0.05, 0.1) is 6.61 Å². The van der Waals surface area contributed by atoms with Gasteiger partial charge < -0.3 is 15.2 Å². The summed E-state index contributed by atoms with van der Waals surface area (Å²) in [5, 5.41) is -0.803. The quantitative estimate of drug-likeness (QED) is 0.734. The van der Waals surface area contributed by atoms with Crippen molar-refractivity contribution in [2.75, 3.05) is 13.2 Å². The van der Waals surface area contributed by atoms with Crippen molar-refractivity contribution in [1.82, 2.24) is 0 Å². The Balaban J connectivity index is 2.23. The summed E-state index contributed by atoms with van der Waals surface area (Å²) < 4.78 is 39.8. The van der Waals surface area contributed by atoms with Crippen molar-refractivity contribution in [2.24, 2.45) is 10.7 Å². The molecule has 108 valence electrons. The lowest BCUT2D eigenvalue weighted by Gasteiger charge is -2.39. The number of hydrogen-bond donors (Lipinski definition) is 1. The van der Waals surface area contributed by atoms with E-state index in [0.717, 1.165) is 0 Å². The number of aliphatic imine (C=N–C) groups is 1. The maximum absolute atomic E-state index is 14.7. The van der Waals surface area contributed by atoms with Crippen LogP contribution in [0.3, 0.4) is 0 Å². The highest BCUT2D eigenvalue weighted by molar-refractivity contribution is 9.09. The first kappa shape index (κ1) is 13.8. The van der Waals surface area contributed by atoms with Crippen LogP contribution in [-0.4, -0.2) is 30.0 Å². The van der Waals surface area contributed by atoms with Crippen molar-refractivity contribution in [2.45, 2.75) is 22.9 Å². The fraction of sp³-hybridized carbons (Fsp3) is 0.462. The molecule has 2 heterocycles. The van der Waals surface area contributed by atoms with Crippen LogP contribution in [0.25, 0.3) is 0 Å². The van der Waals surface area contributed by atoms with Gasteiger partial charge in [-0.25, -0.2) is 8.78 Å². The average Bonchev–Trinajstić information content (AvgIpc) is 2.51. The minimum Gasteiger partial charge on any atom is -0.493 e. The highest BCUT2D eigenvalue weighted by Gasteiger charge is 2.59. The standard InChI is InChI=1S/C13H13BrF2N2O2/c14-10-11(17)18-12(13(15,16)7-20-10)5-6-19-9-4-2-1-3-8(9)12/h1-4,10H,5-7H2,(H2,17,18)/t10-,12?/m0/s1. The molecule has 2 aliphatic heterocycles. The van der Waals surface area contributed by atoms with E-state index in [1.807, 2.05) is 0 Å². The molecule has 0 saturated carbocycles. The normalized spacial score (nSPS) is 31.9. The maximum atomic E-state index is 14.7. The summed E-state index contributed by atoms with van der Waals surface area (Å²) in [6.07, 6.45) is 0.0563. The van der Waals surface area contributed by atoms with Gasteiger partial charge in [-0.1, -0.05) is 18.2 Å². The topological polar surface area (TPSA) is 56.8 Å². The Hall–Kier alpha value is -1.21. The zero-order valence-electron chi connectivity index (χ0n) is 10.5. The zero-order chi connectivity index (χ0) is 14.4. The van der Waals surface area contributed by atoms with Crippen LogP contribution < -0.4 is 10.5 Å². The summed E-state index contributed by atoms with van der Waals surface area (Å²) in [4.78, 5) is 4.13. The number of amidine groups is 1. The zero-order valence-corrected chi connectivity index (χ0v) is 12.1. The molecule has 0 radical (unpaired) electrons. The Morgan fingerprint density at radius 2 is 2.10 bits per heavy atom. The van der Waals surface area contributed by atoms with E-state index in [9.17, 15) is 8.78 Å². The molecule has 0 saturated heterocycles. The van der Waals surface area contributed by atoms with Crippen molar-refractivity contribution >= 4 is 21.8 Å². The van der Waals surface area contributed by atoms with Crippen molar-refractivity contribution in [3.05, 3.63) is 29.8 Å². The van der Waals surface area contributed by atoms with Gasteiger partial charge in [-0.2, -0.15) is 0 Å². The van der Waals surface area contributed by atoms with Crippen LogP contribution >= 0.6 is 15.9 Å². The summed E-state index contributed by atoms with van der Waals surface area (Å²) in [6, 6.07) is 6.70. The van der Waals surface area contributed by atoms with E-state index in [1.165, 1.54) is 0 Å². The molecule has 1 aromatic rings. The molecule has 20 heavy (non-hydrogen) atoms. The second-order valence-electron chi connectivity index (χ2n) is 4.82. The molecule has 2 aliphatic rings. The van der Waals surface area contributed by atoms with Gasteiger partial charge in [0.25, 0.3) is 5.92 Å². The molecular formula is C13H13BrF2N2O2. The van der Waals surface area contributed by atoms with Gasteiger partial charge >= 0.3 is 0 Å². The third-order valence-corrected chi connectivity index (χ3v) is 4.36. The second-order valence-corrected chi connectivity index (χ2v) is 5.65. The highest BCUT2D eigenvalue weighted by atomic mass is 79.9. The van der Waals surface area contributed by atoms with Gasteiger partial charge in [-0.15, -0.1) is 0 Å². The monoisotopic (exact) mass is 346 g/mol. The van der Waals surface area contributed by atoms with Crippen LogP contribution in [0.15, 0.2) is 29.3 Å². The SMILES string of the molecule is NC1=NC2(CCOc3ccccc32)C(F)(F)CO[C@@H]1Br. The van der Waals surface area contributed by atoms with Crippen LogP contribution in [0.2, 0.25) is 0 Å². The largest absolute Gasteiger partial charge is 0.493 e. The van der Waals surface area contributed by atoms with Gasteiger partial charge in [0.15, 0.2) is 10.6 Å². The van der Waals surface area contributed by atoms with Gasteiger partial charge in [0.2, 0.25) is 0 Å². The molecule has 1 spiro atoms. The molecule has 0 aliphatic carbocycles. The van der Waals surface area contributed by atoms with Gasteiger partial charge in [-0.3, -0.25) is 4.99 Å². The number of benzene rings is 1. The smallest absolute Gasteiger partial charge is 0.300 e. The predicted octanol–water partition coefficient (Wildman–Crippen LogP) is 2.41. The number of alkyl halides is 3. The number of hydrogen-bond acceptors (Lipinski definition) is 4. The van der Waals surface area contributed by atoms with E-state index in [1.54, 1.807) is 24.3 Å². The number of ether oxygens (including phenoxy) is 2. The molecule has 0 fully saturated rings. The van der Waals surface area contributed by atoms with E-state index in [-0.39, 0.29) is 18.9 Å². The summed E-state index contributed by atoms with van der Waals surface area (Å²) >= 11 is 3.10. The molecule has 2 N–H and O–H groups in total. The van der Waals surface area contributed by atoms with Crippen molar-refractivity contribution in [3.8, 4) is 5.75 Å². The minimum absolute atomic E-state index is 0.0129. The Morgan fingerprint density at radius 1 is 1.35 bits per heavy atom. The predicted molar refractivity (Wildman–Crippen MR) is 73.5 cm³/mol. The summed E-state index contributed by atoms with van der Waals surface area (Å²) in [5.41, 5.74) is 4.39. The highest BCUT2D eigenvalue weighted by Crippen LogP contribution is 2.50. The Bertz CT molecular complexity index is 567. The fourth-order valence-corrected chi connectivity index (χ4v) is 2.84. The number of para-hydroxylation sites is 1. The number of nitrogens with two attached hydrogens (primary N) is 1. The molecule has 0 aromatic heterocycles. The number of halogens is 3. The van der Waals surface area contributed by atoms with Crippen LogP contribution in [0.4, 0.5) is 8.78 Å². The van der Waals surface area contributed by atoms with E-state index in [2.05, 4.69) is 20.9 Å². The van der Waals surface area contributed by atoms with Crippen molar-refractivity contribution in [3.63, 3.8) is 0 Å². The summed E-state index contributed by atoms with van der Waals surface area (Å²) in [7, 11) is 0. The Morgan fingerprint density at radius 3 is 2.90 bits per heavy atom. The summed E-state index contributed by atoms with van der Waals surface area (Å²) in [5.74, 6) is -2.73. The lowest BCUT2D eigenvalue weighted by atomic mass is 9.79. The molecule has 4 nitrogen and oxygen atoms in total. The van der Waals surface area contributed by atoms with Gasteiger partial charge in [0.1, 0.15) is 18.2 Å². The van der Waals surface area contributed by atoms with Crippen molar-refractivity contribution < 1.29 is 18.3 Å². The van der Waals surface area contributed by atoms with E-state index in [4.69, 9.17) is 15.2 Å². The molecule has 0 bridgehead atoms. The molecule has 1 aromatic carbocycles. The third kappa shape index (κ3) is 1.91. The van der Waals surface area contributed by atoms with E-state index in [0.29, 0.717) is 11.3 Å². The number of fused-ring (bicyclic) bond motifs is 2. The first-order chi connectivity index (χ1) is 9.46. The van der Waals surface area contributed by atoms with Crippen LogP contribution in [-0.2, 0) is 10.3 Å². The van der Waals surface area contributed by atoms with Gasteiger partial charge in [0, 0.05) is 12.0 Å². The fourth-order valence-electron chi connectivity index (χ4n) is 2.61. The minimum atomic E-state index is -3.17. The van der Waals surface area contributed by atoms with Gasteiger partial charge in [-0.05, 0) is 22.0 Å². The van der Waals surface area contributed by atoms with E-state index < -0.39 is 23.1 Å². The molecule has 7 heteroatoms. The molecular weight excluding hydrogens is 334 g/mol. The first-order valence-corrected chi connectivity index (χ1v) is 7.09. The lowest BCUT2D eigenvalue weighted by molar-refractivity contribution is -0.131. The molecule has 3 rings (SSSR count). The molecule has 0 amide bonds. The molecule has 2 atom stereocenters. The average molecular weight is 347 g/mol. The lowest BCUT2D eigenvalue weighted by Crippen LogP contribution is -2.49. The molecule has 1 unspecified atom stereocenters. The summed E-state index contributed by atoms with van der Waals surface area (Å²) in [6.45, 7) is -0.586. The van der Waals surface area contributed by atoms with Crippen molar-refractivity contribution in [1.29, 1.82) is 0 Å². The number of rotatable bonds is 0. The Labute approximate surface area is 123 Å². The Kier molecular flexibility index (Phi) is 3.21. The number of nitrogens with zero attached hydrogens (tertiary/aromatic N) is 1. The van der Waals surface area contributed by atoms with E-state index >= 15 is 0 Å². The second kappa shape index (κ2) is 4.66. The maximum Gasteiger partial charge on any atom is 0.300 e. The van der Waals surface area contributed by atoms with Crippen LogP contribution in [0.1, 0.15) is 12.0 Å². The first-order valence-electron chi connectivity index (χ1n) is 6.17. The van der Waals surface area contributed by atoms with Crippen LogP contribution in [0.5, 0.6) is 5.75 Å². The third-order valence-electron chi connectivity index (χ3n) is 3.62. The van der Waals surface area contributed by atoms with Crippen LogP contribution in [0, 0.1) is 0 Å².